The van der Waals surface area contributed by atoms with Crippen molar-refractivity contribution in [2.45, 2.75) is 165 Å². The highest BCUT2D eigenvalue weighted by atomic mass is 16.7. The van der Waals surface area contributed by atoms with E-state index in [1.165, 1.54) is 6.92 Å². The number of amides is 4. The van der Waals surface area contributed by atoms with Crippen LogP contribution in [0.15, 0.2) is 0 Å². The minimum Gasteiger partial charge on any atom is -0.394 e. The Balaban J connectivity index is 1.46. The lowest BCUT2D eigenvalue weighted by molar-refractivity contribution is -0.282. The highest BCUT2D eigenvalue weighted by molar-refractivity contribution is 5.76. The van der Waals surface area contributed by atoms with Gasteiger partial charge in [-0.2, -0.15) is 0 Å². The molecule has 3 rings (SSSR count). The molecule has 15 atom stereocenters. The minimum absolute atomic E-state index is 0.00580. The van der Waals surface area contributed by atoms with E-state index in [1.807, 2.05) is 13.8 Å². The summed E-state index contributed by atoms with van der Waals surface area (Å²) in [6.07, 6.45) is -12.4. The van der Waals surface area contributed by atoms with Crippen molar-refractivity contribution >= 4 is 23.6 Å². The van der Waals surface area contributed by atoms with Gasteiger partial charge in [0.2, 0.25) is 23.6 Å². The van der Waals surface area contributed by atoms with Crippen LogP contribution in [-0.2, 0) is 61.8 Å². The molecule has 0 aliphatic carbocycles. The van der Waals surface area contributed by atoms with E-state index in [-0.39, 0.29) is 122 Å². The summed E-state index contributed by atoms with van der Waals surface area (Å²) in [6.45, 7) is 8.04. The van der Waals surface area contributed by atoms with E-state index >= 15 is 0 Å². The molecule has 6 unspecified atom stereocenters. The predicted octanol–water partition coefficient (Wildman–Crippen LogP) is -5.39. The monoisotopic (exact) mass is 1070 g/mol. The molecule has 3 heterocycles. The average Bonchev–Trinajstić information content (AvgIpc) is 3.36. The molecular weight excluding hydrogens is 987 g/mol. The van der Waals surface area contributed by atoms with Gasteiger partial charge >= 0.3 is 0 Å². The molecule has 0 aromatic carbocycles. The first-order chi connectivity index (χ1) is 35.3. The summed E-state index contributed by atoms with van der Waals surface area (Å²) in [5.41, 5.74) is -0.994. The van der Waals surface area contributed by atoms with Crippen LogP contribution in [0.4, 0.5) is 0 Å². The van der Waals surface area contributed by atoms with Crippen molar-refractivity contribution in [1.82, 2.24) is 26.6 Å². The summed E-state index contributed by atoms with van der Waals surface area (Å²) in [4.78, 5) is 49.9. The molecule has 432 valence electrons. The Kier molecular flexibility index (Phi) is 30.8. The van der Waals surface area contributed by atoms with Crippen molar-refractivity contribution < 1.29 is 108 Å². The molecule has 0 saturated carbocycles. The fraction of sp³-hybridized carbons (Fsp3) is 0.915. The molecule has 0 aromatic heterocycles. The molecular formula is C47H87N5O22. The van der Waals surface area contributed by atoms with Gasteiger partial charge < -0.3 is 115 Å². The summed E-state index contributed by atoms with van der Waals surface area (Å²) in [6, 6.07) is -1.21. The third kappa shape index (κ3) is 22.2. The Labute approximate surface area is 432 Å². The number of carbonyl (C=O) groups is 4. The molecule has 3 fully saturated rings. The predicted molar refractivity (Wildman–Crippen MR) is 257 cm³/mol. The van der Waals surface area contributed by atoms with Crippen molar-refractivity contribution in [2.75, 3.05) is 98.9 Å². The number of aliphatic hydroxyl groups is 9. The summed E-state index contributed by atoms with van der Waals surface area (Å²) < 4.78 is 51.9. The van der Waals surface area contributed by atoms with Gasteiger partial charge in [-0.1, -0.05) is 27.7 Å². The Bertz CT molecular complexity index is 1540. The largest absolute Gasteiger partial charge is 0.394 e. The molecule has 3 saturated heterocycles. The standard InChI is InChI=1S/C47H87N5O22/c1-27(2)52-47(24-66-18-9-34(57)48-12-6-15-69-44-28(3)38(60)40(62)31(21-53)72-44,25-67-19-10-35(58)49-13-7-16-70-45-29(4)39(61)41(63)32(22-54)73-45)26-68-20-11-36(59)50-14-8-17-71-46-37(51-30(5)56)43(65)42(64)33(23-55)74-46/h27-29,31-33,37-46,52-55,60-65H,6-26H2,1-5H3,(H,48,57)(H,49,58)(H,50,59)(H,51,56)/t28?,29?,31?,32?,33?,37?,38-,39-,40+,41+,42+,43-,44-,45-,46-,47?/m1/s1. The summed E-state index contributed by atoms with van der Waals surface area (Å²) >= 11 is 0. The van der Waals surface area contributed by atoms with Crippen molar-refractivity contribution in [1.29, 1.82) is 0 Å². The SMILES string of the molecule is CC(=O)NC1[C@H](OCCCNC(=O)CCOCC(COCCC(=O)NCCCO[C@@H]2OC(CO)[C@H](O)[C@H](O)C2C)(COCCC(=O)NCCCO[C@@H]2OC(CO)[C@H](O)[C@H](O)C2C)NC(C)C)OC(CO)[C@H](O)[C@@H]1O. The van der Waals surface area contributed by atoms with Gasteiger partial charge in [-0.15, -0.1) is 0 Å². The Morgan fingerprint density at radius 1 is 0.514 bits per heavy atom. The van der Waals surface area contributed by atoms with Crippen LogP contribution < -0.4 is 26.6 Å². The van der Waals surface area contributed by atoms with E-state index in [9.17, 15) is 65.1 Å². The van der Waals surface area contributed by atoms with Crippen LogP contribution in [0, 0.1) is 11.8 Å². The molecule has 27 nitrogen and oxygen atoms in total. The zero-order valence-corrected chi connectivity index (χ0v) is 43.4. The first-order valence-electron chi connectivity index (χ1n) is 25.6. The summed E-state index contributed by atoms with van der Waals surface area (Å²) in [5, 5.41) is 104. The number of carbonyl (C=O) groups excluding carboxylic acids is 4. The van der Waals surface area contributed by atoms with E-state index in [2.05, 4.69) is 26.6 Å². The molecule has 14 N–H and O–H groups in total. The van der Waals surface area contributed by atoms with E-state index in [1.54, 1.807) is 13.8 Å². The molecule has 0 radical (unpaired) electrons. The van der Waals surface area contributed by atoms with E-state index in [4.69, 9.17) is 42.6 Å². The number of rotatable bonds is 36. The molecule has 74 heavy (non-hydrogen) atoms. The molecule has 27 heteroatoms. The van der Waals surface area contributed by atoms with Crippen LogP contribution >= 0.6 is 0 Å². The van der Waals surface area contributed by atoms with Crippen LogP contribution in [0.1, 0.15) is 73.1 Å². The highest BCUT2D eigenvalue weighted by Crippen LogP contribution is 2.28. The van der Waals surface area contributed by atoms with Crippen LogP contribution in [0.2, 0.25) is 0 Å². The molecule has 0 bridgehead atoms. The van der Waals surface area contributed by atoms with Gasteiger partial charge in [0, 0.05) is 63.7 Å². The van der Waals surface area contributed by atoms with Crippen LogP contribution in [-0.4, -0.2) is 260 Å². The average molecular weight is 1070 g/mol. The number of ether oxygens (including phenoxy) is 9. The number of hydrogen-bond acceptors (Lipinski definition) is 23. The van der Waals surface area contributed by atoms with Crippen molar-refractivity contribution in [2.24, 2.45) is 11.8 Å². The van der Waals surface area contributed by atoms with Gasteiger partial charge in [-0.25, -0.2) is 0 Å². The van der Waals surface area contributed by atoms with Gasteiger partial charge in [0.1, 0.15) is 48.8 Å². The van der Waals surface area contributed by atoms with E-state index in [0.717, 1.165) is 0 Å². The third-order valence-corrected chi connectivity index (χ3v) is 12.6. The van der Waals surface area contributed by atoms with Gasteiger partial charge in [-0.05, 0) is 19.3 Å². The van der Waals surface area contributed by atoms with E-state index in [0.29, 0.717) is 19.3 Å². The second kappa shape index (κ2) is 34.8. The van der Waals surface area contributed by atoms with Gasteiger partial charge in [-0.3, -0.25) is 19.2 Å². The zero-order valence-electron chi connectivity index (χ0n) is 43.4. The number of aliphatic hydroxyl groups excluding tert-OH is 9. The zero-order chi connectivity index (χ0) is 54.8. The van der Waals surface area contributed by atoms with Gasteiger partial charge in [0.25, 0.3) is 0 Å². The molecule has 0 aromatic rings. The Hall–Kier alpha value is -2.88. The molecule has 0 spiro atoms. The fourth-order valence-corrected chi connectivity index (χ4v) is 8.36. The van der Waals surface area contributed by atoms with Crippen molar-refractivity contribution in [3.63, 3.8) is 0 Å². The van der Waals surface area contributed by atoms with Gasteiger partial charge in [0.05, 0.1) is 97.0 Å². The number of nitrogens with one attached hydrogen (secondary N) is 5. The molecule has 3 aliphatic rings. The highest BCUT2D eigenvalue weighted by Gasteiger charge is 2.46. The third-order valence-electron chi connectivity index (χ3n) is 12.6. The number of hydrogen-bond donors (Lipinski definition) is 14. The quantitative estimate of drug-likeness (QED) is 0.0261. The molecule has 3 aliphatic heterocycles. The Morgan fingerprint density at radius 2 is 0.851 bits per heavy atom. The lowest BCUT2D eigenvalue weighted by Gasteiger charge is -2.42. The maximum atomic E-state index is 12.8. The lowest BCUT2D eigenvalue weighted by Crippen LogP contribution is -2.64. The fourth-order valence-electron chi connectivity index (χ4n) is 8.36. The second-order valence-corrected chi connectivity index (χ2v) is 19.3. The lowest BCUT2D eigenvalue weighted by atomic mass is 9.92. The smallest absolute Gasteiger partial charge is 0.222 e. The maximum Gasteiger partial charge on any atom is 0.222 e. The van der Waals surface area contributed by atoms with Crippen LogP contribution in [0.5, 0.6) is 0 Å². The van der Waals surface area contributed by atoms with Gasteiger partial charge in [0.15, 0.2) is 18.9 Å². The van der Waals surface area contributed by atoms with Crippen molar-refractivity contribution in [3.8, 4) is 0 Å². The molecule has 4 amide bonds. The Morgan fingerprint density at radius 3 is 1.19 bits per heavy atom. The summed E-state index contributed by atoms with van der Waals surface area (Å²) in [5.74, 6) is -2.47. The normalized spacial score (nSPS) is 31.1. The first-order valence-corrected chi connectivity index (χ1v) is 25.6. The second-order valence-electron chi connectivity index (χ2n) is 19.3. The van der Waals surface area contributed by atoms with E-state index < -0.39 is 123 Å². The van der Waals surface area contributed by atoms with Crippen LogP contribution in [0.25, 0.3) is 0 Å². The van der Waals surface area contributed by atoms with Crippen LogP contribution in [0.3, 0.4) is 0 Å². The maximum absolute atomic E-state index is 12.8. The topological polar surface area (TPSA) is 394 Å². The minimum atomic E-state index is -1.45. The first kappa shape index (κ1) is 65.4. The van der Waals surface area contributed by atoms with Crippen molar-refractivity contribution in [3.05, 3.63) is 0 Å². The summed E-state index contributed by atoms with van der Waals surface area (Å²) in [7, 11) is 0.